The second-order valence-corrected chi connectivity index (χ2v) is 10.2. The Balaban J connectivity index is 1.26. The van der Waals surface area contributed by atoms with Crippen molar-refractivity contribution in [1.82, 2.24) is 14.9 Å². The lowest BCUT2D eigenvalue weighted by Gasteiger charge is -2.36. The maximum absolute atomic E-state index is 13.5. The number of pyridine rings is 1. The van der Waals surface area contributed by atoms with Crippen LogP contribution in [0, 0.1) is 0 Å². The van der Waals surface area contributed by atoms with Crippen molar-refractivity contribution in [3.8, 4) is 33.9 Å². The van der Waals surface area contributed by atoms with E-state index in [1.807, 2.05) is 59.8 Å². The molecule has 0 atom stereocenters. The Hall–Kier alpha value is -4.78. The highest BCUT2D eigenvalue weighted by Crippen LogP contribution is 2.37. The van der Waals surface area contributed by atoms with Crippen LogP contribution in [0.15, 0.2) is 85.2 Å². The van der Waals surface area contributed by atoms with Gasteiger partial charge in [0.1, 0.15) is 0 Å². The van der Waals surface area contributed by atoms with Crippen molar-refractivity contribution < 1.29 is 14.3 Å². The molecule has 41 heavy (non-hydrogen) atoms. The molecular weight excluding hydrogens is 512 g/mol. The van der Waals surface area contributed by atoms with Crippen molar-refractivity contribution in [3.05, 3.63) is 96.3 Å². The lowest BCUT2D eigenvalue weighted by atomic mass is 9.98. The number of carbonyl (C=O) groups excluding carboxylic acids is 1. The molecule has 7 nitrogen and oxygen atoms in total. The average Bonchev–Trinajstić information content (AvgIpc) is 3.42. The van der Waals surface area contributed by atoms with E-state index in [0.29, 0.717) is 24.6 Å². The molecule has 0 aliphatic carbocycles. The number of fused-ring (bicyclic) bond motifs is 1. The van der Waals surface area contributed by atoms with Gasteiger partial charge < -0.3 is 24.3 Å². The smallest absolute Gasteiger partial charge is 0.253 e. The minimum atomic E-state index is 0.0777. The van der Waals surface area contributed by atoms with Crippen LogP contribution in [0.3, 0.4) is 0 Å². The fraction of sp³-hybridized carbons (Fsp3) is 0.235. The molecule has 208 valence electrons. The fourth-order valence-electron chi connectivity index (χ4n) is 5.77. The zero-order valence-corrected chi connectivity index (χ0v) is 23.7. The van der Waals surface area contributed by atoms with Gasteiger partial charge in [0.15, 0.2) is 11.5 Å². The van der Waals surface area contributed by atoms with Gasteiger partial charge in [0.2, 0.25) is 0 Å². The number of nitrogens with zero attached hydrogens (tertiary/aromatic N) is 3. The highest BCUT2D eigenvalue weighted by Gasteiger charge is 2.23. The van der Waals surface area contributed by atoms with Gasteiger partial charge in [-0.15, -0.1) is 0 Å². The molecule has 0 radical (unpaired) electrons. The number of hydrogen-bond acceptors (Lipinski definition) is 5. The van der Waals surface area contributed by atoms with Gasteiger partial charge in [-0.25, -0.2) is 0 Å². The number of piperazine rings is 1. The van der Waals surface area contributed by atoms with Crippen molar-refractivity contribution in [2.24, 2.45) is 0 Å². The van der Waals surface area contributed by atoms with Crippen molar-refractivity contribution in [2.45, 2.75) is 13.3 Å². The van der Waals surface area contributed by atoms with Gasteiger partial charge in [-0.3, -0.25) is 9.78 Å². The van der Waals surface area contributed by atoms with Crippen LogP contribution in [0.4, 0.5) is 5.69 Å². The number of rotatable bonds is 7. The van der Waals surface area contributed by atoms with Gasteiger partial charge >= 0.3 is 0 Å². The lowest BCUT2D eigenvalue weighted by molar-refractivity contribution is 0.0747. The predicted molar refractivity (Wildman–Crippen MR) is 164 cm³/mol. The van der Waals surface area contributed by atoms with Gasteiger partial charge in [-0.1, -0.05) is 25.1 Å². The standard InChI is InChI=1S/C34H34N4O3/c1-4-28-29-21-24(8-10-30(29)36-33(28)25-9-11-31(40-2)32(22-25)41-3)23-6-5-7-26(20-23)34(39)38-18-16-37(17-19-38)27-12-14-35-15-13-27/h5-15,20-22,36H,4,16-19H2,1-3H3. The topological polar surface area (TPSA) is 70.7 Å². The number of carbonyl (C=O) groups is 1. The highest BCUT2D eigenvalue weighted by molar-refractivity contribution is 5.97. The van der Waals surface area contributed by atoms with Gasteiger partial charge in [-0.05, 0) is 77.7 Å². The van der Waals surface area contributed by atoms with Crippen LogP contribution in [0.25, 0.3) is 33.3 Å². The molecule has 1 aliphatic rings. The summed E-state index contributed by atoms with van der Waals surface area (Å²) in [5, 5.41) is 1.18. The zero-order valence-electron chi connectivity index (χ0n) is 23.7. The molecule has 5 aromatic rings. The molecule has 3 aromatic carbocycles. The Morgan fingerprint density at radius 3 is 2.29 bits per heavy atom. The summed E-state index contributed by atoms with van der Waals surface area (Å²) in [6, 6.07) is 24.5. The van der Waals surface area contributed by atoms with E-state index < -0.39 is 0 Å². The second-order valence-electron chi connectivity index (χ2n) is 10.2. The first-order valence-electron chi connectivity index (χ1n) is 14.0. The predicted octanol–water partition coefficient (Wildman–Crippen LogP) is 6.44. The highest BCUT2D eigenvalue weighted by atomic mass is 16.5. The van der Waals surface area contributed by atoms with E-state index in [4.69, 9.17) is 9.47 Å². The molecule has 1 N–H and O–H groups in total. The largest absolute Gasteiger partial charge is 0.493 e. The van der Waals surface area contributed by atoms with E-state index >= 15 is 0 Å². The minimum Gasteiger partial charge on any atom is -0.493 e. The quantitative estimate of drug-likeness (QED) is 0.254. The number of amides is 1. The molecule has 0 saturated carbocycles. The van der Waals surface area contributed by atoms with Crippen LogP contribution in [0.5, 0.6) is 11.5 Å². The van der Waals surface area contributed by atoms with Crippen LogP contribution in [-0.4, -0.2) is 61.2 Å². The summed E-state index contributed by atoms with van der Waals surface area (Å²) in [4.78, 5) is 25.5. The number of aromatic amines is 1. The number of aromatic nitrogens is 2. The van der Waals surface area contributed by atoms with E-state index in [0.717, 1.165) is 58.7 Å². The molecule has 6 rings (SSSR count). The van der Waals surface area contributed by atoms with Crippen LogP contribution in [-0.2, 0) is 6.42 Å². The maximum atomic E-state index is 13.5. The van der Waals surface area contributed by atoms with Gasteiger partial charge in [0.25, 0.3) is 5.91 Å². The maximum Gasteiger partial charge on any atom is 0.253 e. The number of aryl methyl sites for hydroxylation is 1. The van der Waals surface area contributed by atoms with E-state index in [-0.39, 0.29) is 5.91 Å². The first kappa shape index (κ1) is 26.4. The number of hydrogen-bond donors (Lipinski definition) is 1. The first-order chi connectivity index (χ1) is 20.1. The van der Waals surface area contributed by atoms with E-state index in [9.17, 15) is 4.79 Å². The summed E-state index contributed by atoms with van der Waals surface area (Å²) < 4.78 is 11.0. The molecule has 2 aromatic heterocycles. The van der Waals surface area contributed by atoms with Crippen LogP contribution >= 0.6 is 0 Å². The molecule has 0 spiro atoms. The number of ether oxygens (including phenoxy) is 2. The molecule has 1 saturated heterocycles. The molecule has 1 aliphatic heterocycles. The third kappa shape index (κ3) is 5.11. The number of methoxy groups -OCH3 is 2. The molecule has 1 amide bonds. The second kappa shape index (κ2) is 11.4. The third-order valence-electron chi connectivity index (χ3n) is 7.97. The average molecular weight is 547 g/mol. The number of H-pyrrole nitrogens is 1. The molecule has 3 heterocycles. The third-order valence-corrected chi connectivity index (χ3v) is 7.97. The van der Waals surface area contributed by atoms with E-state index in [2.05, 4.69) is 52.1 Å². The minimum absolute atomic E-state index is 0.0777. The van der Waals surface area contributed by atoms with Gasteiger partial charge in [0, 0.05) is 72.0 Å². The lowest BCUT2D eigenvalue weighted by Crippen LogP contribution is -2.48. The van der Waals surface area contributed by atoms with Crippen molar-refractivity contribution in [1.29, 1.82) is 0 Å². The van der Waals surface area contributed by atoms with Gasteiger partial charge in [-0.2, -0.15) is 0 Å². The summed E-state index contributed by atoms with van der Waals surface area (Å²) >= 11 is 0. The van der Waals surface area contributed by atoms with Crippen LogP contribution < -0.4 is 14.4 Å². The number of nitrogens with one attached hydrogen (secondary N) is 1. The summed E-state index contributed by atoms with van der Waals surface area (Å²) in [7, 11) is 3.30. The van der Waals surface area contributed by atoms with Gasteiger partial charge in [0.05, 0.1) is 14.2 Å². The Bertz CT molecular complexity index is 1690. The molecular formula is C34H34N4O3. The van der Waals surface area contributed by atoms with Crippen LogP contribution in [0.1, 0.15) is 22.8 Å². The van der Waals surface area contributed by atoms with Crippen molar-refractivity contribution >= 4 is 22.5 Å². The summed E-state index contributed by atoms with van der Waals surface area (Å²) in [5.41, 5.74) is 8.43. The molecule has 7 heteroatoms. The normalized spacial score (nSPS) is 13.4. The fourth-order valence-corrected chi connectivity index (χ4v) is 5.77. The summed E-state index contributed by atoms with van der Waals surface area (Å²) in [6.07, 6.45) is 4.49. The summed E-state index contributed by atoms with van der Waals surface area (Å²) in [5.74, 6) is 1.48. The molecule has 1 fully saturated rings. The Morgan fingerprint density at radius 1 is 0.829 bits per heavy atom. The van der Waals surface area contributed by atoms with E-state index in [1.54, 1.807) is 14.2 Å². The Morgan fingerprint density at radius 2 is 1.56 bits per heavy atom. The molecule has 0 unspecified atom stereocenters. The summed E-state index contributed by atoms with van der Waals surface area (Å²) in [6.45, 7) is 5.18. The van der Waals surface area contributed by atoms with Crippen LogP contribution in [0.2, 0.25) is 0 Å². The Labute approximate surface area is 240 Å². The van der Waals surface area contributed by atoms with Crippen molar-refractivity contribution in [2.75, 3.05) is 45.3 Å². The zero-order chi connectivity index (χ0) is 28.3. The SMILES string of the molecule is CCc1c(-c2ccc(OC)c(OC)c2)[nH]c2ccc(-c3cccc(C(=O)N4CCN(c5ccncc5)CC4)c3)cc12. The van der Waals surface area contributed by atoms with Crippen molar-refractivity contribution in [3.63, 3.8) is 0 Å². The molecule has 0 bridgehead atoms. The monoisotopic (exact) mass is 546 g/mol. The number of benzene rings is 3. The van der Waals surface area contributed by atoms with E-state index in [1.165, 1.54) is 10.9 Å². The number of anilines is 1. The first-order valence-corrected chi connectivity index (χ1v) is 14.0. The Kier molecular flexibility index (Phi) is 7.33.